The minimum Gasteiger partial charge on any atom is -0.311 e. The SMILES string of the molecule is c1ccc(-c2ccc(N(c3ccc(-c4ccccc4)cc3)c3ccc(-c4ccc(-c5ccc6c7ccccc7c7ccccc7c6c5)cc4)cc3)cc2)cc1. The van der Waals surface area contributed by atoms with Gasteiger partial charge < -0.3 is 4.90 Å². The summed E-state index contributed by atoms with van der Waals surface area (Å²) >= 11 is 0. The lowest BCUT2D eigenvalue weighted by Crippen LogP contribution is -2.09. The fourth-order valence-electron chi connectivity index (χ4n) is 8.06. The molecule has 0 saturated heterocycles. The Bertz CT molecular complexity index is 2790. The Labute approximate surface area is 322 Å². The van der Waals surface area contributed by atoms with Crippen molar-refractivity contribution in [3.8, 4) is 44.5 Å². The third kappa shape index (κ3) is 6.12. The van der Waals surface area contributed by atoms with Crippen molar-refractivity contribution in [1.29, 1.82) is 0 Å². The third-order valence-electron chi connectivity index (χ3n) is 10.9. The van der Waals surface area contributed by atoms with E-state index < -0.39 is 0 Å². The molecule has 0 N–H and O–H groups in total. The van der Waals surface area contributed by atoms with Crippen molar-refractivity contribution in [2.45, 2.75) is 0 Å². The third-order valence-corrected chi connectivity index (χ3v) is 10.9. The van der Waals surface area contributed by atoms with E-state index in [4.69, 9.17) is 0 Å². The van der Waals surface area contributed by atoms with Crippen molar-refractivity contribution in [2.75, 3.05) is 4.90 Å². The van der Waals surface area contributed by atoms with Crippen LogP contribution in [0.25, 0.3) is 76.8 Å². The van der Waals surface area contributed by atoms with Crippen molar-refractivity contribution in [3.63, 3.8) is 0 Å². The summed E-state index contributed by atoms with van der Waals surface area (Å²) in [5.74, 6) is 0. The summed E-state index contributed by atoms with van der Waals surface area (Å²) < 4.78 is 0. The molecule has 10 aromatic rings. The molecule has 0 fully saturated rings. The molecule has 0 unspecified atom stereocenters. The minimum atomic E-state index is 1.11. The van der Waals surface area contributed by atoms with Crippen molar-refractivity contribution >= 4 is 49.4 Å². The predicted molar refractivity (Wildman–Crippen MR) is 235 cm³/mol. The zero-order valence-electron chi connectivity index (χ0n) is 30.3. The average molecular weight is 700 g/mol. The minimum absolute atomic E-state index is 1.11. The molecular weight excluding hydrogens is 663 g/mol. The summed E-state index contributed by atoms with van der Waals surface area (Å²) in [5, 5.41) is 7.78. The van der Waals surface area contributed by atoms with E-state index in [1.54, 1.807) is 0 Å². The van der Waals surface area contributed by atoms with Crippen LogP contribution in [-0.2, 0) is 0 Å². The highest BCUT2D eigenvalue weighted by atomic mass is 15.1. The highest BCUT2D eigenvalue weighted by molar-refractivity contribution is 6.25. The van der Waals surface area contributed by atoms with Crippen LogP contribution in [0.1, 0.15) is 0 Å². The molecule has 258 valence electrons. The maximum absolute atomic E-state index is 2.36. The summed E-state index contributed by atoms with van der Waals surface area (Å²) in [4.78, 5) is 2.34. The fraction of sp³-hybridized carbons (Fsp3) is 0. The van der Waals surface area contributed by atoms with Crippen LogP contribution in [0.3, 0.4) is 0 Å². The first-order valence-electron chi connectivity index (χ1n) is 18.9. The molecule has 10 aromatic carbocycles. The summed E-state index contributed by atoms with van der Waals surface area (Å²) in [7, 11) is 0. The number of anilines is 3. The van der Waals surface area contributed by atoms with E-state index in [0.29, 0.717) is 0 Å². The molecule has 0 atom stereocenters. The second kappa shape index (κ2) is 14.0. The van der Waals surface area contributed by atoms with Crippen molar-refractivity contribution in [1.82, 2.24) is 0 Å². The number of hydrogen-bond donors (Lipinski definition) is 0. The van der Waals surface area contributed by atoms with E-state index in [1.807, 2.05) is 0 Å². The molecule has 0 amide bonds. The van der Waals surface area contributed by atoms with Gasteiger partial charge in [0.2, 0.25) is 0 Å². The lowest BCUT2D eigenvalue weighted by molar-refractivity contribution is 1.28. The van der Waals surface area contributed by atoms with E-state index >= 15 is 0 Å². The summed E-state index contributed by atoms with van der Waals surface area (Å²) in [6, 6.07) is 81.2. The first kappa shape index (κ1) is 32.4. The van der Waals surface area contributed by atoms with Gasteiger partial charge in [-0.3, -0.25) is 0 Å². The number of fused-ring (bicyclic) bond motifs is 6. The van der Waals surface area contributed by atoms with Gasteiger partial charge in [0.05, 0.1) is 0 Å². The Hall–Kier alpha value is -7.22. The standard InChI is InChI=1S/C54H37N/c1-3-11-38(12-4-1)41-23-30-46(31-24-41)55(47-32-25-42(26-33-47)39-13-5-2-6-14-39)48-34-27-43(28-35-48)40-19-21-44(22-20-40)45-29-36-53-51-17-8-7-15-49(51)50-16-9-10-18-52(50)54(53)37-45/h1-37H. The van der Waals surface area contributed by atoms with Gasteiger partial charge in [0.15, 0.2) is 0 Å². The quantitative estimate of drug-likeness (QED) is 0.150. The summed E-state index contributed by atoms with van der Waals surface area (Å²) in [6.45, 7) is 0. The van der Waals surface area contributed by atoms with Gasteiger partial charge in [-0.1, -0.05) is 182 Å². The molecule has 1 nitrogen and oxygen atoms in total. The Balaban J connectivity index is 0.970. The normalized spacial score (nSPS) is 11.3. The number of rotatable bonds is 7. The van der Waals surface area contributed by atoms with Crippen LogP contribution in [0.5, 0.6) is 0 Å². The van der Waals surface area contributed by atoms with Gasteiger partial charge in [-0.2, -0.15) is 0 Å². The van der Waals surface area contributed by atoms with Crippen molar-refractivity contribution in [3.05, 3.63) is 224 Å². The Morgan fingerprint density at radius 3 is 0.818 bits per heavy atom. The molecule has 1 heteroatoms. The number of benzene rings is 10. The first-order valence-corrected chi connectivity index (χ1v) is 18.9. The van der Waals surface area contributed by atoms with Gasteiger partial charge in [0.25, 0.3) is 0 Å². The van der Waals surface area contributed by atoms with Crippen LogP contribution < -0.4 is 4.90 Å². The molecule has 10 rings (SSSR count). The molecular formula is C54H37N. The molecule has 0 aromatic heterocycles. The second-order valence-corrected chi connectivity index (χ2v) is 14.1. The van der Waals surface area contributed by atoms with Gasteiger partial charge in [0.1, 0.15) is 0 Å². The topological polar surface area (TPSA) is 3.24 Å². The Morgan fingerprint density at radius 1 is 0.182 bits per heavy atom. The highest BCUT2D eigenvalue weighted by Crippen LogP contribution is 2.39. The first-order chi connectivity index (χ1) is 27.3. The zero-order chi connectivity index (χ0) is 36.6. The van der Waals surface area contributed by atoms with Crippen LogP contribution in [-0.4, -0.2) is 0 Å². The maximum Gasteiger partial charge on any atom is 0.0462 e. The van der Waals surface area contributed by atoms with Crippen LogP contribution >= 0.6 is 0 Å². The summed E-state index contributed by atoms with van der Waals surface area (Å²) in [6.07, 6.45) is 0. The van der Waals surface area contributed by atoms with E-state index in [-0.39, 0.29) is 0 Å². The highest BCUT2D eigenvalue weighted by Gasteiger charge is 2.15. The van der Waals surface area contributed by atoms with E-state index in [0.717, 1.165) is 17.1 Å². The van der Waals surface area contributed by atoms with Gasteiger partial charge in [0, 0.05) is 17.1 Å². The Morgan fingerprint density at radius 2 is 0.436 bits per heavy atom. The fourth-order valence-corrected chi connectivity index (χ4v) is 8.06. The monoisotopic (exact) mass is 699 g/mol. The average Bonchev–Trinajstić information content (AvgIpc) is 3.28. The molecule has 0 radical (unpaired) electrons. The van der Waals surface area contributed by atoms with Crippen LogP contribution in [0, 0.1) is 0 Å². The van der Waals surface area contributed by atoms with Gasteiger partial charge in [-0.15, -0.1) is 0 Å². The second-order valence-electron chi connectivity index (χ2n) is 14.1. The lowest BCUT2D eigenvalue weighted by Gasteiger charge is -2.26. The van der Waals surface area contributed by atoms with Crippen molar-refractivity contribution < 1.29 is 0 Å². The predicted octanol–water partition coefficient (Wildman–Crippen LogP) is 15.3. The maximum atomic E-state index is 2.36. The molecule has 0 aliphatic rings. The zero-order valence-corrected chi connectivity index (χ0v) is 30.3. The lowest BCUT2D eigenvalue weighted by atomic mass is 9.92. The van der Waals surface area contributed by atoms with Crippen LogP contribution in [0.15, 0.2) is 224 Å². The van der Waals surface area contributed by atoms with E-state index in [1.165, 1.54) is 76.8 Å². The number of nitrogens with zero attached hydrogens (tertiary/aromatic N) is 1. The van der Waals surface area contributed by atoms with E-state index in [2.05, 4.69) is 229 Å². The summed E-state index contributed by atoms with van der Waals surface area (Å²) in [5.41, 5.74) is 13.0. The van der Waals surface area contributed by atoms with Gasteiger partial charge in [-0.05, 0) is 119 Å². The molecule has 0 heterocycles. The van der Waals surface area contributed by atoms with Gasteiger partial charge >= 0.3 is 0 Å². The molecule has 0 spiro atoms. The van der Waals surface area contributed by atoms with E-state index in [9.17, 15) is 0 Å². The smallest absolute Gasteiger partial charge is 0.0462 e. The Kier molecular flexibility index (Phi) is 8.24. The molecule has 0 bridgehead atoms. The molecule has 0 aliphatic carbocycles. The molecule has 55 heavy (non-hydrogen) atoms. The van der Waals surface area contributed by atoms with Crippen LogP contribution in [0.4, 0.5) is 17.1 Å². The molecule has 0 aliphatic heterocycles. The van der Waals surface area contributed by atoms with Gasteiger partial charge in [-0.25, -0.2) is 0 Å². The van der Waals surface area contributed by atoms with Crippen LogP contribution in [0.2, 0.25) is 0 Å². The molecule has 0 saturated carbocycles. The number of hydrogen-bond acceptors (Lipinski definition) is 1. The largest absolute Gasteiger partial charge is 0.311 e. The van der Waals surface area contributed by atoms with Crippen molar-refractivity contribution in [2.24, 2.45) is 0 Å².